The van der Waals surface area contributed by atoms with Crippen molar-refractivity contribution in [3.63, 3.8) is 0 Å². The molecule has 0 saturated heterocycles. The van der Waals surface area contributed by atoms with E-state index in [2.05, 4.69) is 226 Å². The van der Waals surface area contributed by atoms with Gasteiger partial charge in [0.1, 0.15) is 23.0 Å². The van der Waals surface area contributed by atoms with E-state index in [0.717, 1.165) is 171 Å². The van der Waals surface area contributed by atoms with E-state index in [4.69, 9.17) is 28.9 Å². The minimum atomic E-state index is 0. The summed E-state index contributed by atoms with van der Waals surface area (Å²) in [6.07, 6.45) is 24.5. The summed E-state index contributed by atoms with van der Waals surface area (Å²) >= 11 is 0. The van der Waals surface area contributed by atoms with Gasteiger partial charge in [-0.25, -0.2) is 9.97 Å². The summed E-state index contributed by atoms with van der Waals surface area (Å²) in [5.41, 5.74) is 15.1. The molecule has 3 aromatic heterocycles. The van der Waals surface area contributed by atoms with Gasteiger partial charge in [-0.3, -0.25) is 0 Å². The third-order valence-electron chi connectivity index (χ3n) is 15.8. The Morgan fingerprint density at radius 3 is 0.761 bits per heavy atom. The van der Waals surface area contributed by atoms with Gasteiger partial charge < -0.3 is 79.6 Å². The van der Waals surface area contributed by atoms with E-state index in [1.165, 1.54) is 57.8 Å². The molecule has 0 aliphatic carbocycles. The van der Waals surface area contributed by atoms with Gasteiger partial charge in [-0.2, -0.15) is 0 Å². The maximum absolute atomic E-state index is 6.38. The number of unbranched alkanes of at least 4 members (excludes halogenated alkanes) is 9. The zero-order chi connectivity index (χ0) is 59.8. The molecule has 11 nitrogen and oxygen atoms in total. The standard InChI is InChI=1S/C74H96N7O4.3ClH/c1-11-12-13-14-15-16-17-18-19-20-51-82-59-32-24-55(25-33-59)71-63-40-42-65(75-63)72(56-26-34-60(35-27-56)83-52-21-48-79(2,3)4)67-44-46-69(77-67)74(58-30-38-62(39-31-58)85-54-23-50-81(8,9)10)70-47-45-68(78-70)73(66-43-41-64(71)76-66)57-28-36-61(37-29-57)84-53-22-49-80(5,6)7;;;/h24-47,75,78H,11-23,48-54H2,1-10H3;3*1H/q+3;;;/p-3. The molecule has 0 saturated carbocycles. The number of ether oxygens (including phenoxy) is 4. The zero-order valence-electron chi connectivity index (χ0n) is 54.0. The van der Waals surface area contributed by atoms with Crippen molar-refractivity contribution in [3.8, 4) is 67.5 Å². The summed E-state index contributed by atoms with van der Waals surface area (Å²) in [7, 11) is 19.9. The fourth-order valence-electron chi connectivity index (χ4n) is 11.3. The zero-order valence-corrected chi connectivity index (χ0v) is 56.3. The third-order valence-corrected chi connectivity index (χ3v) is 15.8. The summed E-state index contributed by atoms with van der Waals surface area (Å²) in [4.78, 5) is 19.1. The van der Waals surface area contributed by atoms with Crippen LogP contribution in [-0.2, 0) is 0 Å². The molecule has 7 aromatic rings. The van der Waals surface area contributed by atoms with Gasteiger partial charge in [0.25, 0.3) is 0 Å². The van der Waals surface area contributed by atoms with Crippen LogP contribution < -0.4 is 56.2 Å². The first kappa shape index (κ1) is 70.5. The van der Waals surface area contributed by atoms with Crippen molar-refractivity contribution < 1.29 is 69.6 Å². The number of aromatic nitrogens is 4. The van der Waals surface area contributed by atoms with Crippen molar-refractivity contribution in [3.05, 3.63) is 144 Å². The van der Waals surface area contributed by atoms with E-state index >= 15 is 0 Å². The van der Waals surface area contributed by atoms with Crippen LogP contribution in [0.2, 0.25) is 0 Å². The van der Waals surface area contributed by atoms with E-state index in [1.54, 1.807) is 0 Å². The number of H-pyrrole nitrogens is 2. The first-order valence-corrected chi connectivity index (χ1v) is 31.5. The van der Waals surface area contributed by atoms with Crippen LogP contribution >= 0.6 is 0 Å². The highest BCUT2D eigenvalue weighted by Gasteiger charge is 2.20. The lowest BCUT2D eigenvalue weighted by Gasteiger charge is -2.23. The Kier molecular flexibility index (Phi) is 26.7. The fourth-order valence-corrected chi connectivity index (χ4v) is 11.3. The predicted molar refractivity (Wildman–Crippen MR) is 357 cm³/mol. The highest BCUT2D eigenvalue weighted by Crippen LogP contribution is 2.40. The van der Waals surface area contributed by atoms with Crippen LogP contribution in [0.3, 0.4) is 0 Å². The van der Waals surface area contributed by atoms with E-state index in [0.29, 0.717) is 26.4 Å². The summed E-state index contributed by atoms with van der Waals surface area (Å²) in [5, 5.41) is 0. The average molecular weight is 1250 g/mol. The maximum Gasteiger partial charge on any atom is 0.119 e. The summed E-state index contributed by atoms with van der Waals surface area (Å²) in [5.74, 6) is 3.40. The van der Waals surface area contributed by atoms with Crippen molar-refractivity contribution >= 4 is 46.4 Å². The van der Waals surface area contributed by atoms with Gasteiger partial charge in [0.05, 0.1) is 132 Å². The molecular weight excluding hydrogens is 1160 g/mol. The van der Waals surface area contributed by atoms with Crippen LogP contribution in [0.4, 0.5) is 0 Å². The number of halogens is 3. The van der Waals surface area contributed by atoms with Crippen LogP contribution in [0.1, 0.15) is 113 Å². The smallest absolute Gasteiger partial charge is 0.119 e. The van der Waals surface area contributed by atoms with Crippen molar-refractivity contribution in [1.82, 2.24) is 19.9 Å². The molecule has 2 aliphatic heterocycles. The van der Waals surface area contributed by atoms with Gasteiger partial charge in [-0.15, -0.1) is 0 Å². The lowest BCUT2D eigenvalue weighted by Crippen LogP contribution is -3.00. The lowest BCUT2D eigenvalue weighted by atomic mass is 10.0. The van der Waals surface area contributed by atoms with Gasteiger partial charge >= 0.3 is 0 Å². The van der Waals surface area contributed by atoms with Crippen molar-refractivity contribution in [2.45, 2.75) is 90.4 Å². The Bertz CT molecular complexity index is 3450. The van der Waals surface area contributed by atoms with E-state index in [1.807, 2.05) is 0 Å². The molecule has 4 aromatic carbocycles. The summed E-state index contributed by atoms with van der Waals surface area (Å²) in [6.45, 7) is 8.06. The first-order valence-electron chi connectivity index (χ1n) is 31.5. The van der Waals surface area contributed by atoms with Gasteiger partial charge in [-0.05, 0) is 126 Å². The Hall–Kier alpha value is -6.57. The Morgan fingerprint density at radius 1 is 0.295 bits per heavy atom. The molecule has 0 atom stereocenters. The normalized spacial score (nSPS) is 12.1. The highest BCUT2D eigenvalue weighted by molar-refractivity contribution is 6.00. The molecule has 88 heavy (non-hydrogen) atoms. The van der Waals surface area contributed by atoms with Gasteiger partial charge in [-0.1, -0.05) is 113 Å². The van der Waals surface area contributed by atoms with Crippen LogP contribution in [-0.4, -0.2) is 143 Å². The summed E-state index contributed by atoms with van der Waals surface area (Å²) in [6, 6.07) is 42.7. The van der Waals surface area contributed by atoms with Crippen LogP contribution in [0.5, 0.6) is 23.0 Å². The van der Waals surface area contributed by atoms with Crippen LogP contribution in [0, 0.1) is 0 Å². The Balaban J connectivity index is 0.00000412. The second-order valence-electron chi connectivity index (χ2n) is 26.3. The maximum atomic E-state index is 6.38. The molecule has 0 spiro atoms. The van der Waals surface area contributed by atoms with Gasteiger partial charge in [0.15, 0.2) is 0 Å². The molecule has 0 amide bonds. The Labute approximate surface area is 544 Å². The number of nitrogens with zero attached hydrogens (tertiary/aromatic N) is 5. The van der Waals surface area contributed by atoms with Crippen molar-refractivity contribution in [2.75, 3.05) is 109 Å². The van der Waals surface area contributed by atoms with Crippen LogP contribution in [0.15, 0.2) is 121 Å². The molecule has 9 rings (SSSR count). The van der Waals surface area contributed by atoms with E-state index < -0.39 is 0 Å². The topological polar surface area (TPSA) is 94.3 Å². The number of hydrogen-bond acceptors (Lipinski definition) is 6. The number of nitrogens with one attached hydrogen (secondary N) is 2. The van der Waals surface area contributed by atoms with Crippen molar-refractivity contribution in [1.29, 1.82) is 0 Å². The highest BCUT2D eigenvalue weighted by atomic mass is 35.5. The third kappa shape index (κ3) is 20.5. The fraction of sp³-hybridized carbons (Fsp3) is 0.405. The molecule has 0 unspecified atom stereocenters. The monoisotopic (exact) mass is 1250 g/mol. The number of benzene rings is 4. The molecule has 2 aliphatic rings. The molecular formula is C74H96Cl3N7O4. The molecule has 0 radical (unpaired) electrons. The van der Waals surface area contributed by atoms with E-state index in [9.17, 15) is 0 Å². The Morgan fingerprint density at radius 2 is 0.523 bits per heavy atom. The number of aromatic amines is 2. The second-order valence-corrected chi connectivity index (χ2v) is 26.3. The first-order chi connectivity index (χ1) is 41.0. The predicted octanol–water partition coefficient (Wildman–Crippen LogP) is 8.06. The van der Waals surface area contributed by atoms with Gasteiger partial charge in [0, 0.05) is 63.6 Å². The molecule has 472 valence electrons. The minimum Gasteiger partial charge on any atom is -1.00 e. The van der Waals surface area contributed by atoms with Crippen molar-refractivity contribution in [2.24, 2.45) is 0 Å². The molecule has 14 heteroatoms. The molecule has 2 N–H and O–H groups in total. The largest absolute Gasteiger partial charge is 1.00 e. The number of rotatable bonds is 31. The molecule has 5 heterocycles. The summed E-state index contributed by atoms with van der Waals surface area (Å²) < 4.78 is 28.0. The second kappa shape index (κ2) is 33.3. The number of quaternary nitrogens is 3. The SMILES string of the molecule is CCCCCCCCCCCCOc1ccc(-c2c3nc(c(-c4ccc(OCCC[N+](C)(C)C)cc4)c4ccc([nH]4)c(-c4ccc(OCCC[N+](C)(C)C)cc4)c4nc(c(-c5ccc(OCCC[N+](C)(C)C)cc5)c5ccc2[nH]5)C=C4)C=C3)cc1.[Cl-].[Cl-].[Cl-]. The molecule has 0 fully saturated rings. The number of fused-ring (bicyclic) bond motifs is 8. The van der Waals surface area contributed by atoms with Crippen LogP contribution in [0.25, 0.3) is 90.9 Å². The van der Waals surface area contributed by atoms with E-state index in [-0.39, 0.29) is 37.2 Å². The quantitative estimate of drug-likeness (QED) is 0.0338. The minimum absolute atomic E-state index is 0. The average Bonchev–Trinajstić information content (AvgIpc) is 2.80. The van der Waals surface area contributed by atoms with Gasteiger partial charge in [0.2, 0.25) is 0 Å². The number of hydrogen-bond donors (Lipinski definition) is 2. The molecule has 8 bridgehead atoms. The lowest BCUT2D eigenvalue weighted by molar-refractivity contribution is -0.870.